The molecule has 5 nitrogen and oxygen atoms in total. The van der Waals surface area contributed by atoms with E-state index < -0.39 is 12.0 Å². The minimum Gasteiger partial charge on any atom is -0.468 e. The van der Waals surface area contributed by atoms with Crippen LogP contribution in [0.2, 0.25) is 0 Å². The molecule has 0 bridgehead atoms. The second-order valence-electron chi connectivity index (χ2n) is 2.13. The maximum Gasteiger partial charge on any atom is 0.328 e. The van der Waals surface area contributed by atoms with Crippen LogP contribution in [0.4, 0.5) is 0 Å². The maximum atomic E-state index is 10.9. The number of hydrogen-bond acceptors (Lipinski definition) is 5. The third-order valence-corrected chi connectivity index (χ3v) is 1.36. The van der Waals surface area contributed by atoms with Crippen molar-refractivity contribution in [3.8, 4) is 0 Å². The largest absolute Gasteiger partial charge is 0.468 e. The molecule has 1 aromatic rings. The Hall–Kier alpha value is -1.20. The fourth-order valence-corrected chi connectivity index (χ4v) is 0.719. The molecular weight excluding hydrogens is 194 g/mol. The molecule has 0 aromatic carbocycles. The average Bonchev–Trinajstić information content (AvgIpc) is 2.17. The molecule has 0 saturated carbocycles. The maximum absolute atomic E-state index is 10.9. The Morgan fingerprint density at radius 2 is 2.31 bits per heavy atom. The molecule has 1 unspecified atom stereocenters. The molecule has 1 heterocycles. The second kappa shape index (κ2) is 5.45. The van der Waals surface area contributed by atoms with Crippen molar-refractivity contribution in [1.29, 1.82) is 0 Å². The van der Waals surface area contributed by atoms with Crippen molar-refractivity contribution in [1.82, 2.24) is 9.97 Å². The first-order valence-corrected chi connectivity index (χ1v) is 3.35. The van der Waals surface area contributed by atoms with Crippen molar-refractivity contribution in [3.63, 3.8) is 0 Å². The van der Waals surface area contributed by atoms with Crippen molar-refractivity contribution in [2.45, 2.75) is 6.04 Å². The van der Waals surface area contributed by atoms with Crippen LogP contribution < -0.4 is 5.73 Å². The van der Waals surface area contributed by atoms with Crippen LogP contribution in [0.25, 0.3) is 0 Å². The molecule has 1 atom stereocenters. The highest BCUT2D eigenvalue weighted by Gasteiger charge is 2.16. The predicted octanol–water partition coefficient (Wildman–Crippen LogP) is 0.0712. The van der Waals surface area contributed by atoms with Gasteiger partial charge in [0.05, 0.1) is 19.0 Å². The zero-order chi connectivity index (χ0) is 8.97. The average molecular weight is 204 g/mol. The van der Waals surface area contributed by atoms with Crippen molar-refractivity contribution >= 4 is 18.4 Å². The number of esters is 1. The molecule has 1 rings (SSSR count). The molecule has 0 radical (unpaired) electrons. The Morgan fingerprint density at radius 1 is 1.62 bits per heavy atom. The molecule has 0 saturated heterocycles. The Balaban J connectivity index is 0.00000144. The minimum absolute atomic E-state index is 0. The molecule has 0 aliphatic carbocycles. The van der Waals surface area contributed by atoms with E-state index in [1.165, 1.54) is 25.7 Å². The van der Waals surface area contributed by atoms with E-state index >= 15 is 0 Å². The lowest BCUT2D eigenvalue weighted by molar-refractivity contribution is -0.142. The molecule has 0 fully saturated rings. The summed E-state index contributed by atoms with van der Waals surface area (Å²) in [4.78, 5) is 18.5. The number of nitrogens with two attached hydrogens (primary N) is 1. The van der Waals surface area contributed by atoms with Gasteiger partial charge in [-0.25, -0.2) is 4.79 Å². The molecular formula is C7H10ClN3O2. The van der Waals surface area contributed by atoms with Crippen LogP contribution in [-0.2, 0) is 9.53 Å². The molecule has 0 aliphatic heterocycles. The highest BCUT2D eigenvalue weighted by Crippen LogP contribution is 2.05. The lowest BCUT2D eigenvalue weighted by atomic mass is 10.2. The summed E-state index contributed by atoms with van der Waals surface area (Å²) in [6.07, 6.45) is 4.41. The van der Waals surface area contributed by atoms with Crippen molar-refractivity contribution in [2.24, 2.45) is 5.73 Å². The lowest BCUT2D eigenvalue weighted by Crippen LogP contribution is -2.23. The molecule has 6 heteroatoms. The van der Waals surface area contributed by atoms with Gasteiger partial charge in [0.15, 0.2) is 0 Å². The Kier molecular flexibility index (Phi) is 4.94. The summed E-state index contributed by atoms with van der Waals surface area (Å²) >= 11 is 0. The van der Waals surface area contributed by atoms with Crippen LogP contribution in [0, 0.1) is 0 Å². The zero-order valence-electron chi connectivity index (χ0n) is 7.01. The Bertz CT molecular complexity index is 268. The van der Waals surface area contributed by atoms with Crippen LogP contribution in [-0.4, -0.2) is 23.0 Å². The second-order valence-corrected chi connectivity index (χ2v) is 2.13. The number of carbonyl (C=O) groups is 1. The summed E-state index contributed by atoms with van der Waals surface area (Å²) in [6, 6.07) is -0.844. The number of hydrogen-bond donors (Lipinski definition) is 1. The predicted molar refractivity (Wildman–Crippen MR) is 48.2 cm³/mol. The van der Waals surface area contributed by atoms with E-state index in [-0.39, 0.29) is 12.4 Å². The molecule has 0 spiro atoms. The number of halogens is 1. The van der Waals surface area contributed by atoms with E-state index in [2.05, 4.69) is 14.7 Å². The van der Waals surface area contributed by atoms with Crippen molar-refractivity contribution in [2.75, 3.05) is 7.11 Å². The fourth-order valence-electron chi connectivity index (χ4n) is 0.719. The molecule has 72 valence electrons. The third kappa shape index (κ3) is 2.96. The summed E-state index contributed by atoms with van der Waals surface area (Å²) in [6.45, 7) is 0. The first-order chi connectivity index (χ1) is 5.75. The molecule has 0 aliphatic rings. The van der Waals surface area contributed by atoms with Crippen LogP contribution in [0.1, 0.15) is 11.7 Å². The highest BCUT2D eigenvalue weighted by molar-refractivity contribution is 5.85. The SMILES string of the molecule is COC(=O)C(N)c1cnccn1.Cl. The first-order valence-electron chi connectivity index (χ1n) is 3.35. The summed E-state index contributed by atoms with van der Waals surface area (Å²) in [5.41, 5.74) is 5.88. The van der Waals surface area contributed by atoms with Crippen LogP contribution in [0.15, 0.2) is 18.6 Å². The van der Waals surface area contributed by atoms with Gasteiger partial charge >= 0.3 is 5.97 Å². The summed E-state index contributed by atoms with van der Waals surface area (Å²) in [7, 11) is 1.28. The van der Waals surface area contributed by atoms with Gasteiger partial charge in [-0.05, 0) is 0 Å². The van der Waals surface area contributed by atoms with Crippen molar-refractivity contribution in [3.05, 3.63) is 24.3 Å². The van der Waals surface area contributed by atoms with E-state index in [1.54, 1.807) is 0 Å². The normalized spacial score (nSPS) is 11.2. The van der Waals surface area contributed by atoms with Crippen LogP contribution in [0.5, 0.6) is 0 Å². The van der Waals surface area contributed by atoms with E-state index in [4.69, 9.17) is 5.73 Å². The lowest BCUT2D eigenvalue weighted by Gasteiger charge is -2.06. The van der Waals surface area contributed by atoms with Crippen LogP contribution in [0.3, 0.4) is 0 Å². The standard InChI is InChI=1S/C7H9N3O2.ClH/c1-12-7(11)6(8)5-4-9-2-3-10-5;/h2-4,6H,8H2,1H3;1H. The minimum atomic E-state index is -0.844. The fraction of sp³-hybridized carbons (Fsp3) is 0.286. The van der Waals surface area contributed by atoms with E-state index in [1.807, 2.05) is 0 Å². The van der Waals surface area contributed by atoms with Gasteiger partial charge in [0, 0.05) is 12.4 Å². The zero-order valence-corrected chi connectivity index (χ0v) is 7.82. The first kappa shape index (κ1) is 11.8. The van der Waals surface area contributed by atoms with Gasteiger partial charge in [-0.1, -0.05) is 0 Å². The third-order valence-electron chi connectivity index (χ3n) is 1.36. The van der Waals surface area contributed by atoms with E-state index in [0.717, 1.165) is 0 Å². The van der Waals surface area contributed by atoms with Gasteiger partial charge < -0.3 is 10.5 Å². The molecule has 2 N–H and O–H groups in total. The molecule has 1 aromatic heterocycles. The topological polar surface area (TPSA) is 78.1 Å². The number of nitrogens with zero attached hydrogens (tertiary/aromatic N) is 2. The van der Waals surface area contributed by atoms with E-state index in [9.17, 15) is 4.79 Å². The molecule has 13 heavy (non-hydrogen) atoms. The number of rotatable bonds is 2. The van der Waals surface area contributed by atoms with Gasteiger partial charge in [-0.15, -0.1) is 12.4 Å². The van der Waals surface area contributed by atoms with Gasteiger partial charge in [0.2, 0.25) is 0 Å². The van der Waals surface area contributed by atoms with E-state index in [0.29, 0.717) is 5.69 Å². The highest BCUT2D eigenvalue weighted by atomic mass is 35.5. The summed E-state index contributed by atoms with van der Waals surface area (Å²) in [5.74, 6) is -0.518. The smallest absolute Gasteiger partial charge is 0.328 e. The quantitative estimate of drug-likeness (QED) is 0.689. The molecule has 0 amide bonds. The van der Waals surface area contributed by atoms with Gasteiger partial charge in [0.1, 0.15) is 6.04 Å². The Morgan fingerprint density at radius 3 is 2.77 bits per heavy atom. The monoisotopic (exact) mass is 203 g/mol. The summed E-state index contributed by atoms with van der Waals surface area (Å²) < 4.78 is 4.43. The van der Waals surface area contributed by atoms with Crippen LogP contribution >= 0.6 is 12.4 Å². The van der Waals surface area contributed by atoms with Gasteiger partial charge in [-0.3, -0.25) is 9.97 Å². The van der Waals surface area contributed by atoms with Gasteiger partial charge in [-0.2, -0.15) is 0 Å². The summed E-state index contributed by atoms with van der Waals surface area (Å²) in [5, 5.41) is 0. The Labute approximate surface area is 81.7 Å². The number of methoxy groups -OCH3 is 1. The number of carbonyl (C=O) groups excluding carboxylic acids is 1. The number of ether oxygens (including phenoxy) is 1. The number of aromatic nitrogens is 2. The van der Waals surface area contributed by atoms with Crippen molar-refractivity contribution < 1.29 is 9.53 Å². The van der Waals surface area contributed by atoms with Gasteiger partial charge in [0.25, 0.3) is 0 Å².